The van der Waals surface area contributed by atoms with Gasteiger partial charge in [0.2, 0.25) is 5.91 Å². The molecule has 2 aliphatic rings. The van der Waals surface area contributed by atoms with Crippen LogP contribution in [-0.2, 0) is 14.3 Å². The number of hydrogen-bond acceptors (Lipinski definition) is 4. The minimum atomic E-state index is -0.919. The van der Waals surface area contributed by atoms with E-state index in [4.69, 9.17) is 4.74 Å². The van der Waals surface area contributed by atoms with Crippen LogP contribution in [0.1, 0.15) is 69.9 Å². The molecule has 0 spiro atoms. The lowest BCUT2D eigenvalue weighted by Gasteiger charge is -2.31. The fourth-order valence-electron chi connectivity index (χ4n) is 5.11. The van der Waals surface area contributed by atoms with Gasteiger partial charge in [0, 0.05) is 17.9 Å². The van der Waals surface area contributed by atoms with Gasteiger partial charge in [-0.15, -0.1) is 0 Å². The quantitative estimate of drug-likeness (QED) is 0.453. The number of hydrogen-bond donors (Lipinski definition) is 3. The molecule has 7 heteroatoms. The summed E-state index contributed by atoms with van der Waals surface area (Å²) < 4.78 is 5.63. The summed E-state index contributed by atoms with van der Waals surface area (Å²) in [6, 6.07) is 16.3. The molecule has 3 N–H and O–H groups in total. The number of amides is 2. The van der Waals surface area contributed by atoms with Gasteiger partial charge in [0.1, 0.15) is 6.61 Å². The summed E-state index contributed by atoms with van der Waals surface area (Å²) in [4.78, 5) is 36.5. The summed E-state index contributed by atoms with van der Waals surface area (Å²) in [7, 11) is 0. The van der Waals surface area contributed by atoms with E-state index >= 15 is 0 Å². The van der Waals surface area contributed by atoms with Crippen molar-refractivity contribution >= 4 is 18.0 Å². The molecule has 0 heterocycles. The van der Waals surface area contributed by atoms with E-state index in [0.29, 0.717) is 6.42 Å². The number of carboxylic acids is 1. The molecule has 1 saturated carbocycles. The van der Waals surface area contributed by atoms with Gasteiger partial charge in [-0.2, -0.15) is 0 Å². The van der Waals surface area contributed by atoms with Gasteiger partial charge >= 0.3 is 12.1 Å². The predicted molar refractivity (Wildman–Crippen MR) is 133 cm³/mol. The fraction of sp³-hybridized carbons (Fsp3) is 0.464. The Balaban J connectivity index is 1.29. The van der Waals surface area contributed by atoms with E-state index < -0.39 is 23.1 Å². The van der Waals surface area contributed by atoms with Crippen molar-refractivity contribution in [3.05, 3.63) is 59.7 Å². The van der Waals surface area contributed by atoms with Crippen molar-refractivity contribution in [1.82, 2.24) is 10.6 Å². The third-order valence-corrected chi connectivity index (χ3v) is 7.18. The monoisotopic (exact) mass is 478 g/mol. The van der Waals surface area contributed by atoms with Gasteiger partial charge in [0.15, 0.2) is 0 Å². The number of aliphatic carboxylic acids is 1. The Morgan fingerprint density at radius 3 is 2.06 bits per heavy atom. The van der Waals surface area contributed by atoms with Crippen LogP contribution < -0.4 is 10.6 Å². The number of benzene rings is 2. The Morgan fingerprint density at radius 2 is 1.51 bits per heavy atom. The molecule has 2 aromatic carbocycles. The van der Waals surface area contributed by atoms with E-state index in [0.717, 1.165) is 24.0 Å². The summed E-state index contributed by atoms with van der Waals surface area (Å²) in [5.74, 6) is -0.939. The predicted octanol–water partition coefficient (Wildman–Crippen LogP) is 4.84. The van der Waals surface area contributed by atoms with E-state index in [-0.39, 0.29) is 37.2 Å². The minimum Gasteiger partial charge on any atom is -0.481 e. The molecule has 0 saturated heterocycles. The van der Waals surface area contributed by atoms with E-state index in [1.165, 1.54) is 11.1 Å². The molecule has 0 bridgehead atoms. The molecule has 0 aromatic heterocycles. The summed E-state index contributed by atoms with van der Waals surface area (Å²) >= 11 is 0. The average Bonchev–Trinajstić information content (AvgIpc) is 3.60. The van der Waals surface area contributed by atoms with Gasteiger partial charge in [-0.25, -0.2) is 4.79 Å². The molecule has 0 aliphatic heterocycles. The first-order valence-electron chi connectivity index (χ1n) is 12.2. The molecule has 0 radical (unpaired) electrons. The van der Waals surface area contributed by atoms with E-state index in [2.05, 4.69) is 34.9 Å². The Hall–Kier alpha value is -3.35. The zero-order valence-electron chi connectivity index (χ0n) is 20.6. The van der Waals surface area contributed by atoms with Crippen LogP contribution in [0.2, 0.25) is 0 Å². The number of carbonyl (C=O) groups is 3. The van der Waals surface area contributed by atoms with Crippen molar-refractivity contribution in [2.45, 2.75) is 69.9 Å². The van der Waals surface area contributed by atoms with Crippen LogP contribution in [0.15, 0.2) is 48.5 Å². The van der Waals surface area contributed by atoms with Crippen molar-refractivity contribution in [3.63, 3.8) is 0 Å². The van der Waals surface area contributed by atoms with Crippen LogP contribution in [-0.4, -0.2) is 40.8 Å². The molecule has 7 nitrogen and oxygen atoms in total. The number of fused-ring (bicyclic) bond motifs is 3. The third kappa shape index (κ3) is 5.84. The highest BCUT2D eigenvalue weighted by Crippen LogP contribution is 2.44. The Labute approximate surface area is 206 Å². The van der Waals surface area contributed by atoms with Crippen LogP contribution in [0, 0.1) is 5.92 Å². The first kappa shape index (κ1) is 24.8. The Kier molecular flexibility index (Phi) is 6.88. The van der Waals surface area contributed by atoms with Crippen molar-refractivity contribution in [1.29, 1.82) is 0 Å². The lowest BCUT2D eigenvalue weighted by molar-refractivity contribution is -0.139. The van der Waals surface area contributed by atoms with Crippen molar-refractivity contribution in [3.8, 4) is 11.1 Å². The molecular formula is C28H34N2O5. The van der Waals surface area contributed by atoms with Crippen molar-refractivity contribution in [2.75, 3.05) is 6.61 Å². The van der Waals surface area contributed by atoms with Gasteiger partial charge < -0.3 is 20.5 Å². The first-order chi connectivity index (χ1) is 16.6. The fourth-order valence-corrected chi connectivity index (χ4v) is 5.11. The zero-order chi connectivity index (χ0) is 25.2. The lowest BCUT2D eigenvalue weighted by atomic mass is 9.90. The zero-order valence-corrected chi connectivity index (χ0v) is 20.6. The van der Waals surface area contributed by atoms with Crippen LogP contribution in [0.3, 0.4) is 0 Å². The number of ether oxygens (including phenoxy) is 1. The summed E-state index contributed by atoms with van der Waals surface area (Å²) in [6.07, 6.45) is 1.82. The van der Waals surface area contributed by atoms with Gasteiger partial charge in [-0.1, -0.05) is 48.5 Å². The largest absolute Gasteiger partial charge is 0.481 e. The highest BCUT2D eigenvalue weighted by Gasteiger charge is 2.44. The summed E-state index contributed by atoms with van der Waals surface area (Å²) in [5.41, 5.74) is 3.25. The molecule has 35 heavy (non-hydrogen) atoms. The van der Waals surface area contributed by atoms with Crippen LogP contribution in [0.5, 0.6) is 0 Å². The smallest absolute Gasteiger partial charge is 0.407 e. The summed E-state index contributed by atoms with van der Waals surface area (Å²) in [6.45, 7) is 5.72. The van der Waals surface area contributed by atoms with Gasteiger partial charge in [-0.3, -0.25) is 9.59 Å². The maximum Gasteiger partial charge on any atom is 0.407 e. The second-order valence-electron chi connectivity index (χ2n) is 10.6. The number of carboxylic acid groups (broad SMARTS) is 1. The number of carbonyl (C=O) groups excluding carboxylic acids is 2. The lowest BCUT2D eigenvalue weighted by Crippen LogP contribution is -2.50. The minimum absolute atomic E-state index is 0.0172. The second-order valence-corrected chi connectivity index (χ2v) is 10.6. The maximum atomic E-state index is 12.6. The first-order valence-corrected chi connectivity index (χ1v) is 12.2. The number of alkyl carbamates (subject to hydrolysis) is 1. The Morgan fingerprint density at radius 1 is 0.943 bits per heavy atom. The third-order valence-electron chi connectivity index (χ3n) is 7.18. The molecule has 2 aliphatic carbocycles. The highest BCUT2D eigenvalue weighted by molar-refractivity contribution is 5.80. The maximum absolute atomic E-state index is 12.6. The van der Waals surface area contributed by atoms with Gasteiger partial charge in [0.05, 0.1) is 12.0 Å². The van der Waals surface area contributed by atoms with Crippen molar-refractivity contribution < 1.29 is 24.2 Å². The normalized spacial score (nSPS) is 16.5. The SMILES string of the molecule is CC(C)(CCC(=O)NC(C)(CC(=O)O)C1CC1)NC(=O)OCC1c2ccccc2-c2ccccc21. The molecule has 1 fully saturated rings. The number of nitrogens with one attached hydrogen (secondary N) is 2. The molecule has 1 unspecified atom stereocenters. The molecule has 1 atom stereocenters. The standard InChI is InChI=1S/C28H34N2O5/c1-27(2,15-14-24(31)29-28(3,16-25(32)33)18-12-13-18)30-26(34)35-17-23-21-10-6-4-8-19(21)20-9-5-7-11-22(20)23/h4-11,18,23H,12-17H2,1-3H3,(H,29,31)(H,30,34)(H,32,33). The molecule has 4 rings (SSSR count). The van der Waals surface area contributed by atoms with E-state index in [9.17, 15) is 19.5 Å². The topological polar surface area (TPSA) is 105 Å². The molecule has 2 aromatic rings. The van der Waals surface area contributed by atoms with Gasteiger partial charge in [-0.05, 0) is 68.2 Å². The molecule has 2 amide bonds. The van der Waals surface area contributed by atoms with Crippen LogP contribution in [0.25, 0.3) is 11.1 Å². The van der Waals surface area contributed by atoms with E-state index in [1.54, 1.807) is 6.92 Å². The van der Waals surface area contributed by atoms with Crippen LogP contribution >= 0.6 is 0 Å². The van der Waals surface area contributed by atoms with Crippen molar-refractivity contribution in [2.24, 2.45) is 5.92 Å². The second kappa shape index (κ2) is 9.72. The number of rotatable bonds is 10. The summed E-state index contributed by atoms with van der Waals surface area (Å²) in [5, 5.41) is 15.0. The highest BCUT2D eigenvalue weighted by atomic mass is 16.5. The van der Waals surface area contributed by atoms with E-state index in [1.807, 2.05) is 38.1 Å². The molecular weight excluding hydrogens is 444 g/mol. The molecule has 186 valence electrons. The van der Waals surface area contributed by atoms with Crippen LogP contribution in [0.4, 0.5) is 4.79 Å². The van der Waals surface area contributed by atoms with Gasteiger partial charge in [0.25, 0.3) is 0 Å². The Bertz CT molecular complexity index is 1080. The average molecular weight is 479 g/mol.